The minimum absolute atomic E-state index is 0.133. The van der Waals surface area contributed by atoms with Crippen LogP contribution >= 0.6 is 0 Å². The Morgan fingerprint density at radius 1 is 1.31 bits per heavy atom. The monoisotopic (exact) mass is 231 g/mol. The first-order valence-electron chi connectivity index (χ1n) is 5.38. The molecule has 5 heteroatoms. The van der Waals surface area contributed by atoms with Gasteiger partial charge in [0.05, 0.1) is 5.92 Å². The number of rotatable bonds is 7. The van der Waals surface area contributed by atoms with Crippen LogP contribution in [0.4, 0.5) is 0 Å². The molecule has 0 bridgehead atoms. The van der Waals surface area contributed by atoms with Crippen LogP contribution in [0.1, 0.15) is 20.3 Å². The lowest BCUT2D eigenvalue weighted by molar-refractivity contribution is -0.148. The molecule has 0 spiro atoms. The van der Waals surface area contributed by atoms with E-state index in [-0.39, 0.29) is 5.91 Å². The number of carboxylic acid groups (broad SMARTS) is 1. The maximum atomic E-state index is 11.8. The molecular formula is C11H21NO4. The number of methoxy groups -OCH3 is 1. The number of ether oxygens (including phenoxy) is 1. The van der Waals surface area contributed by atoms with Crippen molar-refractivity contribution >= 4 is 11.9 Å². The fraction of sp³-hybridized carbons (Fsp3) is 0.818. The molecule has 0 saturated heterocycles. The van der Waals surface area contributed by atoms with Crippen molar-refractivity contribution in [1.82, 2.24) is 4.90 Å². The lowest BCUT2D eigenvalue weighted by atomic mass is 9.95. The summed E-state index contributed by atoms with van der Waals surface area (Å²) in [4.78, 5) is 24.1. The van der Waals surface area contributed by atoms with E-state index in [1.54, 1.807) is 32.9 Å². The van der Waals surface area contributed by atoms with Crippen LogP contribution in [0.25, 0.3) is 0 Å². The highest BCUT2D eigenvalue weighted by Gasteiger charge is 2.27. The molecule has 1 amide bonds. The molecule has 0 radical (unpaired) electrons. The third-order valence-electron chi connectivity index (χ3n) is 2.75. The number of hydrogen-bond acceptors (Lipinski definition) is 3. The van der Waals surface area contributed by atoms with Crippen molar-refractivity contribution in [2.24, 2.45) is 11.8 Å². The molecule has 0 aromatic heterocycles. The average Bonchev–Trinajstić information content (AvgIpc) is 2.26. The molecule has 16 heavy (non-hydrogen) atoms. The first-order chi connectivity index (χ1) is 7.41. The molecule has 5 nitrogen and oxygen atoms in total. The van der Waals surface area contributed by atoms with E-state index in [1.807, 2.05) is 0 Å². The predicted molar refractivity (Wildman–Crippen MR) is 60.1 cm³/mol. The SMILES string of the molecule is COCCCN(C)C(=O)C(C)C(C)C(=O)O. The Kier molecular flexibility index (Phi) is 6.72. The fourth-order valence-electron chi connectivity index (χ4n) is 1.33. The summed E-state index contributed by atoms with van der Waals surface area (Å²) >= 11 is 0. The highest BCUT2D eigenvalue weighted by Crippen LogP contribution is 2.13. The van der Waals surface area contributed by atoms with Crippen molar-refractivity contribution in [2.45, 2.75) is 20.3 Å². The van der Waals surface area contributed by atoms with E-state index in [0.717, 1.165) is 6.42 Å². The molecule has 0 aromatic carbocycles. The van der Waals surface area contributed by atoms with Crippen molar-refractivity contribution < 1.29 is 19.4 Å². The Bertz CT molecular complexity index is 242. The maximum Gasteiger partial charge on any atom is 0.307 e. The van der Waals surface area contributed by atoms with Gasteiger partial charge in [0.25, 0.3) is 0 Å². The molecule has 0 fully saturated rings. The lowest BCUT2D eigenvalue weighted by Crippen LogP contribution is -2.37. The quantitative estimate of drug-likeness (QED) is 0.659. The summed E-state index contributed by atoms with van der Waals surface area (Å²) in [5, 5.41) is 8.81. The van der Waals surface area contributed by atoms with Crippen LogP contribution in [0.2, 0.25) is 0 Å². The summed E-state index contributed by atoms with van der Waals surface area (Å²) in [6.45, 7) is 4.38. The molecule has 0 heterocycles. The molecule has 94 valence electrons. The molecule has 0 aliphatic rings. The van der Waals surface area contributed by atoms with Gasteiger partial charge in [0.15, 0.2) is 0 Å². The summed E-state index contributed by atoms with van der Waals surface area (Å²) in [5.74, 6) is -2.22. The summed E-state index contributed by atoms with van der Waals surface area (Å²) in [6.07, 6.45) is 0.757. The largest absolute Gasteiger partial charge is 0.481 e. The molecule has 0 rings (SSSR count). The zero-order chi connectivity index (χ0) is 12.7. The Morgan fingerprint density at radius 3 is 2.31 bits per heavy atom. The van der Waals surface area contributed by atoms with E-state index in [9.17, 15) is 9.59 Å². The van der Waals surface area contributed by atoms with Gasteiger partial charge >= 0.3 is 5.97 Å². The first kappa shape index (κ1) is 14.9. The number of carbonyl (C=O) groups excluding carboxylic acids is 1. The number of hydrogen-bond donors (Lipinski definition) is 1. The van der Waals surface area contributed by atoms with E-state index >= 15 is 0 Å². The molecule has 0 aromatic rings. The van der Waals surface area contributed by atoms with Crippen molar-refractivity contribution in [3.8, 4) is 0 Å². The van der Waals surface area contributed by atoms with Crippen LogP contribution < -0.4 is 0 Å². The summed E-state index contributed by atoms with van der Waals surface area (Å²) in [5.41, 5.74) is 0. The number of carbonyl (C=O) groups is 2. The number of carboxylic acids is 1. The highest BCUT2D eigenvalue weighted by atomic mass is 16.5. The van der Waals surface area contributed by atoms with E-state index in [0.29, 0.717) is 13.2 Å². The Balaban J connectivity index is 4.16. The van der Waals surface area contributed by atoms with Gasteiger partial charge in [-0.3, -0.25) is 9.59 Å². The van der Waals surface area contributed by atoms with Gasteiger partial charge in [-0.25, -0.2) is 0 Å². The standard InChI is InChI=1S/C11H21NO4/c1-8(9(2)11(14)15)10(13)12(3)6-5-7-16-4/h8-9H,5-7H2,1-4H3,(H,14,15). The number of amides is 1. The Labute approximate surface area is 96.4 Å². The molecule has 1 N–H and O–H groups in total. The Morgan fingerprint density at radius 2 is 1.88 bits per heavy atom. The highest BCUT2D eigenvalue weighted by molar-refractivity contribution is 5.84. The number of nitrogens with zero attached hydrogens (tertiary/aromatic N) is 1. The lowest BCUT2D eigenvalue weighted by Gasteiger charge is -2.23. The van der Waals surface area contributed by atoms with Crippen molar-refractivity contribution in [1.29, 1.82) is 0 Å². The van der Waals surface area contributed by atoms with Crippen LogP contribution in [0.15, 0.2) is 0 Å². The van der Waals surface area contributed by atoms with E-state index in [4.69, 9.17) is 9.84 Å². The van der Waals surface area contributed by atoms with Crippen molar-refractivity contribution in [3.63, 3.8) is 0 Å². The predicted octanol–water partition coefficient (Wildman–Crippen LogP) is 0.838. The Hall–Kier alpha value is -1.10. The molecular weight excluding hydrogens is 210 g/mol. The van der Waals surface area contributed by atoms with Gasteiger partial charge in [0.1, 0.15) is 0 Å². The summed E-state index contributed by atoms with van der Waals surface area (Å²) < 4.78 is 4.89. The molecule has 2 unspecified atom stereocenters. The van der Waals surface area contributed by atoms with Gasteiger partial charge in [-0.2, -0.15) is 0 Å². The minimum atomic E-state index is -0.939. The van der Waals surface area contributed by atoms with E-state index in [2.05, 4.69) is 0 Å². The van der Waals surface area contributed by atoms with Crippen LogP contribution in [-0.2, 0) is 14.3 Å². The third kappa shape index (κ3) is 4.61. The summed E-state index contributed by atoms with van der Waals surface area (Å²) in [7, 11) is 3.29. The van der Waals surface area contributed by atoms with Gasteiger partial charge in [0, 0.05) is 33.2 Å². The van der Waals surface area contributed by atoms with Crippen LogP contribution in [0, 0.1) is 11.8 Å². The van der Waals surface area contributed by atoms with Gasteiger partial charge in [-0.05, 0) is 6.42 Å². The van der Waals surface area contributed by atoms with Gasteiger partial charge in [0.2, 0.25) is 5.91 Å². The van der Waals surface area contributed by atoms with Gasteiger partial charge < -0.3 is 14.7 Å². The zero-order valence-electron chi connectivity index (χ0n) is 10.4. The second-order valence-corrected chi connectivity index (χ2v) is 4.02. The van der Waals surface area contributed by atoms with E-state index in [1.165, 1.54) is 0 Å². The van der Waals surface area contributed by atoms with Crippen LogP contribution in [0.5, 0.6) is 0 Å². The smallest absolute Gasteiger partial charge is 0.307 e. The molecule has 2 atom stereocenters. The fourth-order valence-corrected chi connectivity index (χ4v) is 1.33. The van der Waals surface area contributed by atoms with E-state index < -0.39 is 17.8 Å². The average molecular weight is 231 g/mol. The second kappa shape index (κ2) is 7.22. The van der Waals surface area contributed by atoms with Gasteiger partial charge in [-0.1, -0.05) is 13.8 Å². The zero-order valence-corrected chi connectivity index (χ0v) is 10.4. The molecule has 0 aliphatic carbocycles. The maximum absolute atomic E-state index is 11.8. The van der Waals surface area contributed by atoms with Crippen molar-refractivity contribution in [2.75, 3.05) is 27.3 Å². The summed E-state index contributed by atoms with van der Waals surface area (Å²) in [6, 6.07) is 0. The molecule has 0 aliphatic heterocycles. The first-order valence-corrected chi connectivity index (χ1v) is 5.38. The van der Waals surface area contributed by atoms with Crippen LogP contribution in [-0.4, -0.2) is 49.2 Å². The van der Waals surface area contributed by atoms with Crippen LogP contribution in [0.3, 0.4) is 0 Å². The third-order valence-corrected chi connectivity index (χ3v) is 2.75. The normalized spacial score (nSPS) is 14.2. The van der Waals surface area contributed by atoms with Crippen molar-refractivity contribution in [3.05, 3.63) is 0 Å². The number of aliphatic carboxylic acids is 1. The second-order valence-electron chi connectivity index (χ2n) is 4.02. The minimum Gasteiger partial charge on any atom is -0.481 e. The topological polar surface area (TPSA) is 66.8 Å². The molecule has 0 saturated carbocycles. The van der Waals surface area contributed by atoms with Gasteiger partial charge in [-0.15, -0.1) is 0 Å².